The Balaban J connectivity index is 3.17. The fourth-order valence-electron chi connectivity index (χ4n) is 0.427. The number of hydrogen-bond acceptors (Lipinski definition) is 2. The molecule has 0 atom stereocenters. The average Bonchev–Trinajstić information content (AvgIpc) is 1.80. The molecule has 0 aliphatic heterocycles. The highest BCUT2D eigenvalue weighted by atomic mass is 127. The third kappa shape index (κ3) is 1.92. The van der Waals surface area contributed by atoms with Crippen LogP contribution < -0.4 is 5.73 Å². The van der Waals surface area contributed by atoms with E-state index in [1.807, 2.05) is 6.07 Å². The maximum Gasteiger partial charge on any atom is 0.103 e. The number of nitrogens with two attached hydrogens (primary N) is 1. The van der Waals surface area contributed by atoms with Crippen LogP contribution in [0, 0.1) is 7.27 Å². The zero-order valence-electron chi connectivity index (χ0n) is 4.44. The average molecular weight is 346 g/mol. The second-order valence-electron chi connectivity index (χ2n) is 1.53. The van der Waals surface area contributed by atoms with Gasteiger partial charge in [-0.05, 0) is 51.2 Å². The molecule has 1 aromatic rings. The summed E-state index contributed by atoms with van der Waals surface area (Å²) in [6, 6.07) is 1.85. The fourth-order valence-corrected chi connectivity index (χ4v) is 1.20. The van der Waals surface area contributed by atoms with E-state index in [4.69, 9.17) is 5.73 Å². The van der Waals surface area contributed by atoms with Crippen LogP contribution in [0.15, 0.2) is 12.3 Å². The van der Waals surface area contributed by atoms with Gasteiger partial charge in [-0.25, -0.2) is 4.98 Å². The number of hydrogen-bond donors (Lipinski definition) is 1. The monoisotopic (exact) mass is 346 g/mol. The molecule has 9 heavy (non-hydrogen) atoms. The number of pyridine rings is 1. The summed E-state index contributed by atoms with van der Waals surface area (Å²) in [5.41, 5.74) is 6.37. The molecule has 1 rings (SSSR count). The number of halogens is 2. The van der Waals surface area contributed by atoms with Crippen LogP contribution in [0.5, 0.6) is 0 Å². The van der Waals surface area contributed by atoms with Gasteiger partial charge in [0.15, 0.2) is 0 Å². The standard InChI is InChI=1S/C5H4I2N2/c6-3-2-9-5(7)1-4(3)8/h1-2H,(H2,8,9). The van der Waals surface area contributed by atoms with Crippen molar-refractivity contribution in [2.75, 3.05) is 5.73 Å². The lowest BCUT2D eigenvalue weighted by Gasteiger charge is -1.95. The van der Waals surface area contributed by atoms with Gasteiger partial charge >= 0.3 is 0 Å². The van der Waals surface area contributed by atoms with Crippen LogP contribution in [-0.2, 0) is 0 Å². The first-order chi connectivity index (χ1) is 4.20. The molecule has 0 aliphatic rings. The topological polar surface area (TPSA) is 38.9 Å². The molecule has 0 amide bonds. The van der Waals surface area contributed by atoms with E-state index in [1.54, 1.807) is 6.20 Å². The van der Waals surface area contributed by atoms with Crippen molar-refractivity contribution in [3.05, 3.63) is 19.5 Å². The Morgan fingerprint density at radius 1 is 1.44 bits per heavy atom. The van der Waals surface area contributed by atoms with Crippen LogP contribution in [0.2, 0.25) is 0 Å². The maximum absolute atomic E-state index is 5.57. The lowest BCUT2D eigenvalue weighted by Crippen LogP contribution is -1.91. The van der Waals surface area contributed by atoms with Crippen molar-refractivity contribution in [2.45, 2.75) is 0 Å². The van der Waals surface area contributed by atoms with Crippen LogP contribution >= 0.6 is 45.2 Å². The summed E-state index contributed by atoms with van der Waals surface area (Å²) in [7, 11) is 0. The minimum absolute atomic E-state index is 0.801. The zero-order chi connectivity index (χ0) is 6.85. The van der Waals surface area contributed by atoms with E-state index in [1.165, 1.54) is 0 Å². The largest absolute Gasteiger partial charge is 0.398 e. The summed E-state index contributed by atoms with van der Waals surface area (Å²) in [6.07, 6.45) is 1.76. The third-order valence-electron chi connectivity index (χ3n) is 0.852. The molecule has 0 aliphatic carbocycles. The molecule has 0 fully saturated rings. The third-order valence-corrected chi connectivity index (χ3v) is 2.34. The minimum atomic E-state index is 0.801. The van der Waals surface area contributed by atoms with Gasteiger partial charge in [-0.3, -0.25) is 0 Å². The Morgan fingerprint density at radius 2 is 2.11 bits per heavy atom. The highest BCUT2D eigenvalue weighted by molar-refractivity contribution is 14.1. The normalized spacial score (nSPS) is 9.56. The quantitative estimate of drug-likeness (QED) is 0.576. The summed E-state index contributed by atoms with van der Waals surface area (Å²) in [4.78, 5) is 4.04. The van der Waals surface area contributed by atoms with Gasteiger partial charge in [-0.15, -0.1) is 0 Å². The molecule has 0 saturated carbocycles. The lowest BCUT2D eigenvalue weighted by atomic mass is 10.4. The zero-order valence-corrected chi connectivity index (χ0v) is 8.75. The molecule has 2 nitrogen and oxygen atoms in total. The Morgan fingerprint density at radius 3 is 2.56 bits per heavy atom. The first-order valence-corrected chi connectivity index (χ1v) is 4.42. The molecular formula is C5H4I2N2. The van der Waals surface area contributed by atoms with Crippen molar-refractivity contribution in [2.24, 2.45) is 0 Å². The fraction of sp³-hybridized carbons (Fsp3) is 0. The summed E-state index contributed by atoms with van der Waals surface area (Å²) in [5.74, 6) is 0. The van der Waals surface area contributed by atoms with Crippen molar-refractivity contribution in [1.29, 1.82) is 0 Å². The molecule has 4 heteroatoms. The first kappa shape index (κ1) is 7.52. The Labute approximate surface area is 80.5 Å². The first-order valence-electron chi connectivity index (χ1n) is 2.26. The van der Waals surface area contributed by atoms with Crippen LogP contribution in [-0.4, -0.2) is 4.98 Å². The van der Waals surface area contributed by atoms with Gasteiger partial charge in [0.25, 0.3) is 0 Å². The molecule has 48 valence electrons. The van der Waals surface area contributed by atoms with E-state index in [0.717, 1.165) is 13.0 Å². The molecule has 1 aromatic heterocycles. The number of nitrogen functional groups attached to an aromatic ring is 1. The maximum atomic E-state index is 5.57. The van der Waals surface area contributed by atoms with Crippen molar-refractivity contribution in [1.82, 2.24) is 4.98 Å². The summed E-state index contributed by atoms with van der Waals surface area (Å²) >= 11 is 4.28. The van der Waals surface area contributed by atoms with Gasteiger partial charge in [-0.2, -0.15) is 0 Å². The highest BCUT2D eigenvalue weighted by Gasteiger charge is 1.93. The molecule has 1 heterocycles. The van der Waals surface area contributed by atoms with Gasteiger partial charge in [0, 0.05) is 11.9 Å². The lowest BCUT2D eigenvalue weighted by molar-refractivity contribution is 1.26. The Bertz CT molecular complexity index is 224. The van der Waals surface area contributed by atoms with Crippen molar-refractivity contribution < 1.29 is 0 Å². The second kappa shape index (κ2) is 3.00. The van der Waals surface area contributed by atoms with Gasteiger partial charge in [-0.1, -0.05) is 0 Å². The number of anilines is 1. The van der Waals surface area contributed by atoms with Crippen LogP contribution in [0.25, 0.3) is 0 Å². The van der Waals surface area contributed by atoms with Crippen molar-refractivity contribution in [3.8, 4) is 0 Å². The molecule has 0 radical (unpaired) electrons. The summed E-state index contributed by atoms with van der Waals surface area (Å²) in [6.45, 7) is 0. The molecule has 0 aromatic carbocycles. The Kier molecular flexibility index (Phi) is 2.50. The second-order valence-corrected chi connectivity index (χ2v) is 3.80. The van der Waals surface area contributed by atoms with Crippen LogP contribution in [0.3, 0.4) is 0 Å². The van der Waals surface area contributed by atoms with E-state index in [9.17, 15) is 0 Å². The van der Waals surface area contributed by atoms with Gasteiger partial charge in [0.2, 0.25) is 0 Å². The van der Waals surface area contributed by atoms with Crippen LogP contribution in [0.1, 0.15) is 0 Å². The molecule has 0 saturated heterocycles. The minimum Gasteiger partial charge on any atom is -0.398 e. The van der Waals surface area contributed by atoms with E-state index in [-0.39, 0.29) is 0 Å². The highest BCUT2D eigenvalue weighted by Crippen LogP contribution is 2.14. The predicted molar refractivity (Wildman–Crippen MR) is 54.1 cm³/mol. The number of nitrogens with zero attached hydrogens (tertiary/aromatic N) is 1. The smallest absolute Gasteiger partial charge is 0.103 e. The van der Waals surface area contributed by atoms with E-state index >= 15 is 0 Å². The SMILES string of the molecule is Nc1cc(I)ncc1I. The predicted octanol–water partition coefficient (Wildman–Crippen LogP) is 1.87. The van der Waals surface area contributed by atoms with Gasteiger partial charge in [0.1, 0.15) is 3.70 Å². The van der Waals surface area contributed by atoms with Crippen molar-refractivity contribution >= 4 is 50.9 Å². The van der Waals surface area contributed by atoms with E-state index in [2.05, 4.69) is 50.2 Å². The molecule has 0 unspecified atom stereocenters. The van der Waals surface area contributed by atoms with E-state index < -0.39 is 0 Å². The number of rotatable bonds is 0. The van der Waals surface area contributed by atoms with Gasteiger partial charge in [0.05, 0.1) is 3.57 Å². The molecular weight excluding hydrogens is 342 g/mol. The van der Waals surface area contributed by atoms with Crippen molar-refractivity contribution in [3.63, 3.8) is 0 Å². The molecule has 2 N–H and O–H groups in total. The van der Waals surface area contributed by atoms with E-state index in [0.29, 0.717) is 0 Å². The Hall–Kier alpha value is 0.410. The number of aromatic nitrogens is 1. The summed E-state index contributed by atoms with van der Waals surface area (Å²) in [5, 5.41) is 0. The summed E-state index contributed by atoms with van der Waals surface area (Å²) < 4.78 is 1.94. The molecule has 0 spiro atoms. The molecule has 0 bridgehead atoms. The van der Waals surface area contributed by atoms with Crippen LogP contribution in [0.4, 0.5) is 5.69 Å². The van der Waals surface area contributed by atoms with Gasteiger partial charge < -0.3 is 5.73 Å².